The van der Waals surface area contributed by atoms with Gasteiger partial charge in [0.15, 0.2) is 11.6 Å². The van der Waals surface area contributed by atoms with E-state index in [9.17, 15) is 27.6 Å². The molecule has 0 unspecified atom stereocenters. The number of nitrogens with zero attached hydrogens (tertiary/aromatic N) is 2. The first kappa shape index (κ1) is 29.1. The minimum Gasteiger partial charge on any atom is -0.492 e. The molecule has 11 heteroatoms. The van der Waals surface area contributed by atoms with Gasteiger partial charge in [-0.25, -0.2) is 4.39 Å². The normalized spacial score (nSPS) is 14.4. The molecule has 214 valence electrons. The van der Waals surface area contributed by atoms with Gasteiger partial charge >= 0.3 is 6.18 Å². The van der Waals surface area contributed by atoms with E-state index in [2.05, 4.69) is 5.32 Å². The van der Waals surface area contributed by atoms with Crippen LogP contribution >= 0.6 is 0 Å². The van der Waals surface area contributed by atoms with Crippen LogP contribution in [-0.4, -0.2) is 43.1 Å². The number of rotatable bonds is 8. The molecule has 1 aliphatic rings. The van der Waals surface area contributed by atoms with E-state index in [0.717, 1.165) is 39.8 Å². The average Bonchev–Trinajstić information content (AvgIpc) is 2.92. The summed E-state index contributed by atoms with van der Waals surface area (Å²) in [6.45, 7) is 2.99. The number of hydrogen-bond donors (Lipinski definition) is 1. The largest absolute Gasteiger partial charge is 0.492 e. The molecule has 0 spiro atoms. The van der Waals surface area contributed by atoms with E-state index in [-0.39, 0.29) is 42.5 Å². The number of fused-ring (bicyclic) bond motifs is 1. The highest BCUT2D eigenvalue weighted by atomic mass is 19.4. The van der Waals surface area contributed by atoms with E-state index in [4.69, 9.17) is 4.74 Å². The van der Waals surface area contributed by atoms with Crippen LogP contribution in [0, 0.1) is 18.7 Å². The summed E-state index contributed by atoms with van der Waals surface area (Å²) < 4.78 is 62.7. The first-order valence-electron chi connectivity index (χ1n) is 13.0. The highest BCUT2D eigenvalue weighted by Crippen LogP contribution is 2.40. The molecule has 0 saturated carbocycles. The maximum Gasteiger partial charge on any atom is 0.406 e. The number of methoxy groups -OCH3 is 1. The van der Waals surface area contributed by atoms with Crippen molar-refractivity contribution in [3.63, 3.8) is 0 Å². The van der Waals surface area contributed by atoms with Crippen molar-refractivity contribution < 1.29 is 31.9 Å². The van der Waals surface area contributed by atoms with E-state index >= 15 is 4.39 Å². The van der Waals surface area contributed by atoms with Gasteiger partial charge in [0.25, 0.3) is 5.91 Å². The second kappa shape index (κ2) is 11.7. The van der Waals surface area contributed by atoms with Gasteiger partial charge in [-0.05, 0) is 43.4 Å². The number of aryl methyl sites for hydroxylation is 2. The number of halogens is 4. The maximum absolute atomic E-state index is 15.5. The van der Waals surface area contributed by atoms with E-state index in [1.807, 2.05) is 32.0 Å². The van der Waals surface area contributed by atoms with Gasteiger partial charge in [0.05, 0.1) is 18.0 Å². The third-order valence-corrected chi connectivity index (χ3v) is 7.27. The molecule has 40 heavy (non-hydrogen) atoms. The summed E-state index contributed by atoms with van der Waals surface area (Å²) in [6.07, 6.45) is -1.43. The van der Waals surface area contributed by atoms with Crippen LogP contribution in [0.1, 0.15) is 46.8 Å². The van der Waals surface area contributed by atoms with Gasteiger partial charge in [0.2, 0.25) is 5.43 Å². The number of carbonyl (C=O) groups excluding carboxylic acids is 2. The van der Waals surface area contributed by atoms with Crippen LogP contribution in [0.2, 0.25) is 0 Å². The molecule has 3 aromatic rings. The molecule has 1 fully saturated rings. The summed E-state index contributed by atoms with van der Waals surface area (Å²) in [6, 6.07) is 6.56. The molecule has 0 aliphatic carbocycles. The molecule has 1 aliphatic heterocycles. The Morgan fingerprint density at radius 3 is 2.48 bits per heavy atom. The first-order chi connectivity index (χ1) is 19.0. The van der Waals surface area contributed by atoms with Gasteiger partial charge in [-0.1, -0.05) is 30.7 Å². The third kappa shape index (κ3) is 5.97. The van der Waals surface area contributed by atoms with Crippen LogP contribution in [-0.2, 0) is 24.3 Å². The highest BCUT2D eigenvalue weighted by molar-refractivity contribution is 5.99. The van der Waals surface area contributed by atoms with Crippen molar-refractivity contribution in [3.8, 4) is 5.75 Å². The molecule has 1 N–H and O–H groups in total. The number of aromatic nitrogens is 1. The maximum atomic E-state index is 15.5. The van der Waals surface area contributed by atoms with Crippen LogP contribution in [0.4, 0.5) is 23.2 Å². The number of pyridine rings is 1. The zero-order valence-electron chi connectivity index (χ0n) is 22.5. The fourth-order valence-electron chi connectivity index (χ4n) is 5.24. The number of amides is 1. The predicted molar refractivity (Wildman–Crippen MR) is 144 cm³/mol. The fraction of sp³-hybridized carbons (Fsp3) is 0.414. The van der Waals surface area contributed by atoms with Gasteiger partial charge in [-0.2, -0.15) is 13.2 Å². The number of piperidine rings is 1. The molecular formula is C29H31F4N3O4. The second-order valence-corrected chi connectivity index (χ2v) is 10.0. The van der Waals surface area contributed by atoms with E-state index in [1.54, 1.807) is 4.90 Å². The second-order valence-electron chi connectivity index (χ2n) is 10.0. The number of nitrogens with one attached hydrogen (secondary N) is 1. The quantitative estimate of drug-likeness (QED) is 0.312. The molecule has 0 atom stereocenters. The van der Waals surface area contributed by atoms with Gasteiger partial charge in [0, 0.05) is 31.7 Å². The molecule has 0 radical (unpaired) electrons. The van der Waals surface area contributed by atoms with E-state index in [0.29, 0.717) is 19.3 Å². The van der Waals surface area contributed by atoms with Crippen LogP contribution < -0.4 is 20.4 Å². The average molecular weight is 562 g/mol. The van der Waals surface area contributed by atoms with Gasteiger partial charge in [-0.15, -0.1) is 0 Å². The predicted octanol–water partition coefficient (Wildman–Crippen LogP) is 4.93. The van der Waals surface area contributed by atoms with Gasteiger partial charge in [-0.3, -0.25) is 9.59 Å². The lowest BCUT2D eigenvalue weighted by atomic mass is 9.97. The Balaban J connectivity index is 1.81. The zero-order valence-corrected chi connectivity index (χ0v) is 22.5. The molecule has 7 nitrogen and oxygen atoms in total. The zero-order chi connectivity index (χ0) is 29.2. The standard InChI is InChI=1S/C29H31F4N3O4/c1-4-19-11-17(2)5-6-20(19)13-34-28(39)22-14-36(16-29(31,32)33)24-21(26(22)38)12-23(30)25(27(24)40-3)35-9-7-18(15-37)8-10-35/h5-6,11-12,14-15,18H,4,7-10,13,16H2,1-3H3,(H,34,39). The molecule has 4 rings (SSSR count). The van der Waals surface area contributed by atoms with Crippen molar-refractivity contribution in [2.24, 2.45) is 5.92 Å². The summed E-state index contributed by atoms with van der Waals surface area (Å²) in [5.74, 6) is -2.16. The monoisotopic (exact) mass is 561 g/mol. The minimum atomic E-state index is -4.71. The number of ether oxygens (including phenoxy) is 1. The molecule has 2 aromatic carbocycles. The van der Waals surface area contributed by atoms with Crippen LogP contribution in [0.5, 0.6) is 5.75 Å². The van der Waals surface area contributed by atoms with Crippen molar-refractivity contribution in [3.05, 3.63) is 68.8 Å². The third-order valence-electron chi connectivity index (χ3n) is 7.27. The first-order valence-corrected chi connectivity index (χ1v) is 13.0. The van der Waals surface area contributed by atoms with E-state index < -0.39 is 40.8 Å². The Morgan fingerprint density at radius 1 is 1.18 bits per heavy atom. The highest BCUT2D eigenvalue weighted by Gasteiger charge is 2.33. The Hall–Kier alpha value is -3.89. The van der Waals surface area contributed by atoms with Gasteiger partial charge in [0.1, 0.15) is 24.1 Å². The number of benzene rings is 2. The lowest BCUT2D eigenvalue weighted by Gasteiger charge is -2.33. The lowest BCUT2D eigenvalue weighted by molar-refractivity contribution is -0.140. The lowest BCUT2D eigenvalue weighted by Crippen LogP contribution is -2.35. The number of hydrogen-bond acceptors (Lipinski definition) is 5. The number of aldehydes is 1. The summed E-state index contributed by atoms with van der Waals surface area (Å²) in [7, 11) is 1.19. The van der Waals surface area contributed by atoms with Crippen molar-refractivity contribution in [1.82, 2.24) is 9.88 Å². The Bertz CT molecular complexity index is 1490. The van der Waals surface area contributed by atoms with Crippen molar-refractivity contribution in [2.75, 3.05) is 25.1 Å². The molecule has 1 aromatic heterocycles. The Labute approximate surface area is 228 Å². The summed E-state index contributed by atoms with van der Waals surface area (Å²) in [5, 5.41) is 2.23. The topological polar surface area (TPSA) is 80.6 Å². The van der Waals surface area contributed by atoms with Crippen molar-refractivity contribution in [1.29, 1.82) is 0 Å². The molecule has 2 heterocycles. The molecule has 1 saturated heterocycles. The SMILES string of the molecule is CCc1cc(C)ccc1CNC(=O)c1cn(CC(F)(F)F)c2c(OC)c(N3CCC(C=O)CC3)c(F)cc2c1=O. The minimum absolute atomic E-state index is 0.0619. The van der Waals surface area contributed by atoms with Crippen molar-refractivity contribution in [2.45, 2.75) is 52.4 Å². The summed E-state index contributed by atoms with van der Waals surface area (Å²) in [4.78, 5) is 39.3. The number of anilines is 1. The number of carbonyl (C=O) groups is 2. The molecule has 1 amide bonds. The summed E-state index contributed by atoms with van der Waals surface area (Å²) in [5.41, 5.74) is 1.05. The smallest absolute Gasteiger partial charge is 0.406 e. The van der Waals surface area contributed by atoms with Crippen LogP contribution in [0.15, 0.2) is 35.3 Å². The fourth-order valence-corrected chi connectivity index (χ4v) is 5.24. The van der Waals surface area contributed by atoms with Crippen LogP contribution in [0.25, 0.3) is 10.9 Å². The molecular weight excluding hydrogens is 530 g/mol. The van der Waals surface area contributed by atoms with Crippen LogP contribution in [0.3, 0.4) is 0 Å². The van der Waals surface area contributed by atoms with E-state index in [1.165, 1.54) is 7.11 Å². The van der Waals surface area contributed by atoms with Crippen molar-refractivity contribution >= 4 is 28.8 Å². The number of alkyl halides is 3. The summed E-state index contributed by atoms with van der Waals surface area (Å²) >= 11 is 0. The Morgan fingerprint density at radius 2 is 1.88 bits per heavy atom. The van der Waals surface area contributed by atoms with Gasteiger partial charge < -0.3 is 24.3 Å². The Kier molecular flexibility index (Phi) is 8.51. The molecule has 0 bridgehead atoms.